The third-order valence-corrected chi connectivity index (χ3v) is 4.07. The molecule has 0 unspecified atom stereocenters. The molecule has 0 aliphatic carbocycles. The first-order valence-corrected chi connectivity index (χ1v) is 7.96. The van der Waals surface area contributed by atoms with Gasteiger partial charge in [0.1, 0.15) is 0 Å². The lowest BCUT2D eigenvalue weighted by molar-refractivity contribution is -0.118. The molecule has 0 heterocycles. The lowest BCUT2D eigenvalue weighted by atomic mass is 9.87. The number of nitrogens with one attached hydrogen (secondary N) is 1. The van der Waals surface area contributed by atoms with Crippen LogP contribution in [0.2, 0.25) is 5.02 Å². The van der Waals surface area contributed by atoms with Crippen molar-refractivity contribution in [3.8, 4) is 0 Å². The van der Waals surface area contributed by atoms with E-state index in [4.69, 9.17) is 11.6 Å². The lowest BCUT2D eigenvalue weighted by Crippen LogP contribution is -2.25. The number of halogens is 2. The van der Waals surface area contributed by atoms with Crippen LogP contribution in [-0.4, -0.2) is 5.91 Å². The molecule has 0 saturated carbocycles. The van der Waals surface area contributed by atoms with Crippen LogP contribution in [0.4, 0.5) is 5.69 Å². The Morgan fingerprint density at radius 2 is 1.62 bits per heavy atom. The zero-order valence-electron chi connectivity index (χ0n) is 11.9. The van der Waals surface area contributed by atoms with Gasteiger partial charge < -0.3 is 5.32 Å². The summed E-state index contributed by atoms with van der Waals surface area (Å²) in [6.45, 7) is 4.08. The monoisotopic (exact) mass is 365 g/mol. The van der Waals surface area contributed by atoms with E-state index < -0.39 is 0 Å². The number of hydrogen-bond donors (Lipinski definition) is 1. The van der Waals surface area contributed by atoms with E-state index in [1.165, 1.54) is 0 Å². The molecule has 0 bridgehead atoms. The molecule has 0 aliphatic rings. The molecule has 0 saturated heterocycles. The van der Waals surface area contributed by atoms with Crippen molar-refractivity contribution in [2.75, 3.05) is 5.32 Å². The summed E-state index contributed by atoms with van der Waals surface area (Å²) in [5, 5.41) is 3.65. The maximum Gasteiger partial charge on any atom is 0.232 e. The van der Waals surface area contributed by atoms with E-state index in [0.29, 0.717) is 5.02 Å². The van der Waals surface area contributed by atoms with E-state index in [-0.39, 0.29) is 17.7 Å². The van der Waals surface area contributed by atoms with Crippen LogP contribution >= 0.6 is 27.5 Å². The normalized spacial score (nSPS) is 12.2. The van der Waals surface area contributed by atoms with Gasteiger partial charge in [-0.3, -0.25) is 4.79 Å². The summed E-state index contributed by atoms with van der Waals surface area (Å²) in [4.78, 5) is 12.6. The fourth-order valence-electron chi connectivity index (χ4n) is 2.26. The van der Waals surface area contributed by atoms with Gasteiger partial charge in [-0.25, -0.2) is 0 Å². The first-order chi connectivity index (χ1) is 9.97. The smallest absolute Gasteiger partial charge is 0.232 e. The lowest BCUT2D eigenvalue weighted by Gasteiger charge is -2.21. The topological polar surface area (TPSA) is 29.1 Å². The van der Waals surface area contributed by atoms with Crippen molar-refractivity contribution < 1.29 is 4.79 Å². The molecule has 2 aromatic carbocycles. The Kier molecular flexibility index (Phi) is 5.43. The molecule has 1 N–H and O–H groups in total. The van der Waals surface area contributed by atoms with Crippen molar-refractivity contribution in [2.45, 2.75) is 19.8 Å². The van der Waals surface area contributed by atoms with Crippen LogP contribution in [0.25, 0.3) is 0 Å². The first kappa shape index (κ1) is 16.1. The zero-order valence-corrected chi connectivity index (χ0v) is 14.3. The quantitative estimate of drug-likeness (QED) is 0.762. The van der Waals surface area contributed by atoms with Gasteiger partial charge in [-0.15, -0.1) is 0 Å². The Hall–Kier alpha value is -1.32. The number of rotatable bonds is 4. The fraction of sp³-hybridized carbons (Fsp3) is 0.235. The van der Waals surface area contributed by atoms with Gasteiger partial charge in [0.05, 0.1) is 5.92 Å². The molecule has 1 atom stereocenters. The van der Waals surface area contributed by atoms with Crippen molar-refractivity contribution in [3.05, 3.63) is 63.6 Å². The Balaban J connectivity index is 2.19. The van der Waals surface area contributed by atoms with Gasteiger partial charge in [0.2, 0.25) is 5.91 Å². The molecule has 2 aromatic rings. The molecule has 1 amide bonds. The van der Waals surface area contributed by atoms with E-state index in [9.17, 15) is 4.79 Å². The second kappa shape index (κ2) is 7.10. The highest BCUT2D eigenvalue weighted by atomic mass is 79.9. The van der Waals surface area contributed by atoms with Crippen molar-refractivity contribution in [1.29, 1.82) is 0 Å². The largest absolute Gasteiger partial charge is 0.326 e. The predicted octanol–water partition coefficient (Wildman–Crippen LogP) is 5.48. The first-order valence-electron chi connectivity index (χ1n) is 6.79. The number of hydrogen-bond acceptors (Lipinski definition) is 1. The van der Waals surface area contributed by atoms with Crippen molar-refractivity contribution in [3.63, 3.8) is 0 Å². The number of benzene rings is 2. The van der Waals surface area contributed by atoms with Crippen molar-refractivity contribution in [1.82, 2.24) is 0 Å². The van der Waals surface area contributed by atoms with Gasteiger partial charge >= 0.3 is 0 Å². The average Bonchev–Trinajstić information content (AvgIpc) is 2.43. The van der Waals surface area contributed by atoms with E-state index in [2.05, 4.69) is 21.2 Å². The second-order valence-electron chi connectivity index (χ2n) is 5.27. The van der Waals surface area contributed by atoms with Crippen LogP contribution < -0.4 is 5.32 Å². The minimum Gasteiger partial charge on any atom is -0.326 e. The summed E-state index contributed by atoms with van der Waals surface area (Å²) >= 11 is 9.30. The van der Waals surface area contributed by atoms with Gasteiger partial charge in [0.25, 0.3) is 0 Å². The fourth-order valence-corrected chi connectivity index (χ4v) is 2.65. The highest BCUT2D eigenvalue weighted by Gasteiger charge is 2.24. The predicted molar refractivity (Wildman–Crippen MR) is 91.8 cm³/mol. The SMILES string of the molecule is CC(C)[C@@H](C(=O)Nc1ccc(Br)cc1)c1ccc(Cl)cc1. The third kappa shape index (κ3) is 4.32. The van der Waals surface area contributed by atoms with Crippen LogP contribution in [0, 0.1) is 5.92 Å². The van der Waals surface area contributed by atoms with Gasteiger partial charge in [-0.2, -0.15) is 0 Å². The molecule has 0 aromatic heterocycles. The van der Waals surface area contributed by atoms with E-state index in [1.54, 1.807) is 0 Å². The van der Waals surface area contributed by atoms with Gasteiger partial charge in [-0.05, 0) is 47.9 Å². The Labute approximate surface area is 138 Å². The summed E-state index contributed by atoms with van der Waals surface area (Å²) in [6, 6.07) is 15.0. The minimum atomic E-state index is -0.203. The Morgan fingerprint density at radius 1 is 1.05 bits per heavy atom. The number of anilines is 1. The molecular formula is C17H17BrClNO. The summed E-state index contributed by atoms with van der Waals surface area (Å²) in [5.74, 6) is -0.0119. The van der Waals surface area contributed by atoms with Gasteiger partial charge in [-0.1, -0.05) is 53.5 Å². The Bertz CT molecular complexity index is 608. The second-order valence-corrected chi connectivity index (χ2v) is 6.62. The molecule has 4 heteroatoms. The molecule has 0 spiro atoms. The molecule has 0 aliphatic heterocycles. The van der Waals surface area contributed by atoms with Crippen LogP contribution in [0.1, 0.15) is 25.3 Å². The third-order valence-electron chi connectivity index (χ3n) is 3.29. The van der Waals surface area contributed by atoms with E-state index in [1.807, 2.05) is 62.4 Å². The number of carbonyl (C=O) groups is 1. The summed E-state index contributed by atoms with van der Waals surface area (Å²) < 4.78 is 0.985. The highest BCUT2D eigenvalue weighted by Crippen LogP contribution is 2.27. The number of amides is 1. The van der Waals surface area contributed by atoms with Crippen LogP contribution in [-0.2, 0) is 4.79 Å². The molecule has 21 heavy (non-hydrogen) atoms. The highest BCUT2D eigenvalue weighted by molar-refractivity contribution is 9.10. The zero-order chi connectivity index (χ0) is 15.4. The standard InChI is InChI=1S/C17H17BrClNO/c1-11(2)16(12-3-7-14(19)8-4-12)17(21)20-15-9-5-13(18)6-10-15/h3-11,16H,1-2H3,(H,20,21)/t16-/m1/s1. The van der Waals surface area contributed by atoms with Crippen molar-refractivity contribution >= 4 is 39.1 Å². The minimum absolute atomic E-state index is 0.00496. The molecule has 2 nitrogen and oxygen atoms in total. The Morgan fingerprint density at radius 3 is 2.14 bits per heavy atom. The molecule has 2 rings (SSSR count). The van der Waals surface area contributed by atoms with Crippen LogP contribution in [0.15, 0.2) is 53.0 Å². The number of carbonyl (C=O) groups excluding carboxylic acids is 1. The average molecular weight is 367 g/mol. The maximum absolute atomic E-state index is 12.6. The van der Waals surface area contributed by atoms with E-state index >= 15 is 0 Å². The van der Waals surface area contributed by atoms with Crippen LogP contribution in [0.5, 0.6) is 0 Å². The van der Waals surface area contributed by atoms with Gasteiger partial charge in [0, 0.05) is 15.2 Å². The van der Waals surface area contributed by atoms with Gasteiger partial charge in [0.15, 0.2) is 0 Å². The summed E-state index contributed by atoms with van der Waals surface area (Å²) in [5.41, 5.74) is 1.77. The van der Waals surface area contributed by atoms with Crippen LogP contribution in [0.3, 0.4) is 0 Å². The maximum atomic E-state index is 12.6. The van der Waals surface area contributed by atoms with E-state index in [0.717, 1.165) is 15.7 Å². The van der Waals surface area contributed by atoms with Crippen molar-refractivity contribution in [2.24, 2.45) is 5.92 Å². The summed E-state index contributed by atoms with van der Waals surface area (Å²) in [7, 11) is 0. The summed E-state index contributed by atoms with van der Waals surface area (Å²) in [6.07, 6.45) is 0. The molecule has 0 radical (unpaired) electrons. The molecular weight excluding hydrogens is 350 g/mol. The molecule has 0 fully saturated rings. The molecule has 110 valence electrons.